The highest BCUT2D eigenvalue weighted by molar-refractivity contribution is 6.00. The summed E-state index contributed by atoms with van der Waals surface area (Å²) in [5.74, 6) is -4.66. The van der Waals surface area contributed by atoms with Crippen molar-refractivity contribution in [2.75, 3.05) is 52.5 Å². The summed E-state index contributed by atoms with van der Waals surface area (Å²) in [6.45, 7) is 4.93. The number of aliphatic carboxylic acids is 2. The quantitative estimate of drug-likeness (QED) is 0.328. The number of benzene rings is 1. The summed E-state index contributed by atoms with van der Waals surface area (Å²) in [4.78, 5) is 39.4. The molecule has 0 unspecified atom stereocenters. The fourth-order valence-corrected chi connectivity index (χ4v) is 3.19. The summed E-state index contributed by atoms with van der Waals surface area (Å²) >= 11 is 0. The number of carbonyl (C=O) groups excluding carboxylic acids is 1. The van der Waals surface area contributed by atoms with Crippen LogP contribution in [0.2, 0.25) is 0 Å². The van der Waals surface area contributed by atoms with E-state index in [1.807, 2.05) is 47.0 Å². The maximum Gasteiger partial charge on any atom is 0.490 e. The predicted octanol–water partition coefficient (Wildman–Crippen LogP) is 2.12. The Hall–Kier alpha value is -3.70. The van der Waals surface area contributed by atoms with Crippen LogP contribution in [-0.4, -0.2) is 117 Å². The maximum atomic E-state index is 13.1. The Morgan fingerprint density at radius 2 is 1.45 bits per heavy atom. The van der Waals surface area contributed by atoms with Gasteiger partial charge in [0, 0.05) is 57.7 Å². The first-order valence-corrected chi connectivity index (χ1v) is 11.5. The second-order valence-electron chi connectivity index (χ2n) is 7.98. The van der Waals surface area contributed by atoms with Crippen LogP contribution in [0.5, 0.6) is 0 Å². The van der Waals surface area contributed by atoms with Crippen molar-refractivity contribution in [2.45, 2.75) is 12.4 Å². The number of imidazole rings is 1. The van der Waals surface area contributed by atoms with Gasteiger partial charge in [0.2, 0.25) is 0 Å². The highest BCUT2D eigenvalue weighted by atomic mass is 19.4. The van der Waals surface area contributed by atoms with Gasteiger partial charge in [0.1, 0.15) is 5.82 Å². The molecule has 0 atom stereocenters. The van der Waals surface area contributed by atoms with Gasteiger partial charge in [-0.2, -0.15) is 26.3 Å². The van der Waals surface area contributed by atoms with E-state index < -0.39 is 24.3 Å². The van der Waals surface area contributed by atoms with Crippen molar-refractivity contribution in [3.8, 4) is 11.4 Å². The predicted molar refractivity (Wildman–Crippen MR) is 126 cm³/mol. The minimum atomic E-state index is -5.08. The number of rotatable bonds is 7. The number of carboxylic acid groups (broad SMARTS) is 2. The Labute approximate surface area is 224 Å². The molecule has 11 nitrogen and oxygen atoms in total. The first kappa shape index (κ1) is 34.3. The Morgan fingerprint density at radius 1 is 0.925 bits per heavy atom. The number of nitrogens with zero attached hydrogens (tertiary/aromatic N) is 4. The minimum Gasteiger partial charge on any atom is -0.475 e. The van der Waals surface area contributed by atoms with Gasteiger partial charge in [-0.05, 0) is 6.07 Å². The largest absolute Gasteiger partial charge is 0.490 e. The number of aryl methyl sites for hydroxylation is 1. The second-order valence-corrected chi connectivity index (χ2v) is 7.98. The minimum absolute atomic E-state index is 0.0533. The number of piperazine rings is 1. The van der Waals surface area contributed by atoms with Gasteiger partial charge in [0.05, 0.1) is 25.4 Å². The van der Waals surface area contributed by atoms with Crippen molar-refractivity contribution in [3.05, 3.63) is 42.2 Å². The number of ether oxygens (including phenoxy) is 1. The molecule has 3 rings (SSSR count). The van der Waals surface area contributed by atoms with Gasteiger partial charge in [-0.15, -0.1) is 0 Å². The lowest BCUT2D eigenvalue weighted by Crippen LogP contribution is -2.49. The van der Waals surface area contributed by atoms with Crippen molar-refractivity contribution in [1.82, 2.24) is 19.4 Å². The van der Waals surface area contributed by atoms with E-state index in [4.69, 9.17) is 29.6 Å². The van der Waals surface area contributed by atoms with E-state index in [2.05, 4.69) is 9.88 Å². The molecule has 3 N–H and O–H groups in total. The van der Waals surface area contributed by atoms with Crippen molar-refractivity contribution in [2.24, 2.45) is 7.05 Å². The number of hydrogen-bond acceptors (Lipinski definition) is 7. The molecule has 40 heavy (non-hydrogen) atoms. The number of aliphatic hydroxyl groups is 1. The van der Waals surface area contributed by atoms with E-state index in [1.54, 1.807) is 6.20 Å². The monoisotopic (exact) mass is 586 g/mol. The third kappa shape index (κ3) is 11.6. The molecule has 0 aliphatic carbocycles. The van der Waals surface area contributed by atoms with E-state index >= 15 is 0 Å². The van der Waals surface area contributed by atoms with Gasteiger partial charge in [-0.3, -0.25) is 9.69 Å². The number of aliphatic hydroxyl groups excluding tert-OH is 1. The zero-order valence-corrected chi connectivity index (χ0v) is 21.2. The van der Waals surface area contributed by atoms with Crippen LogP contribution in [0, 0.1) is 0 Å². The molecule has 1 aliphatic rings. The van der Waals surface area contributed by atoms with Crippen LogP contribution in [0.1, 0.15) is 10.4 Å². The lowest BCUT2D eigenvalue weighted by molar-refractivity contribution is -0.193. The van der Waals surface area contributed by atoms with Crippen LogP contribution in [0.4, 0.5) is 26.3 Å². The second kappa shape index (κ2) is 15.8. The molecule has 1 fully saturated rings. The zero-order chi connectivity index (χ0) is 30.5. The van der Waals surface area contributed by atoms with E-state index in [0.717, 1.165) is 31.0 Å². The molecule has 1 amide bonds. The number of halogens is 6. The summed E-state index contributed by atoms with van der Waals surface area (Å²) in [5, 5.41) is 23.0. The average molecular weight is 586 g/mol. The van der Waals surface area contributed by atoms with E-state index in [-0.39, 0.29) is 12.5 Å². The molecule has 1 saturated heterocycles. The summed E-state index contributed by atoms with van der Waals surface area (Å²) < 4.78 is 70.7. The van der Waals surface area contributed by atoms with Gasteiger partial charge in [-0.1, -0.05) is 18.2 Å². The first-order chi connectivity index (χ1) is 18.6. The van der Waals surface area contributed by atoms with Gasteiger partial charge in [0.25, 0.3) is 5.91 Å². The van der Waals surface area contributed by atoms with Crippen LogP contribution >= 0.6 is 0 Å². The maximum absolute atomic E-state index is 13.1. The number of carboxylic acids is 2. The molecule has 1 aliphatic heterocycles. The molecular weight excluding hydrogens is 558 g/mol. The molecule has 2 heterocycles. The molecule has 1 aromatic heterocycles. The normalized spacial score (nSPS) is 13.9. The average Bonchev–Trinajstić information content (AvgIpc) is 3.32. The van der Waals surface area contributed by atoms with Crippen LogP contribution in [-0.2, 0) is 21.4 Å². The van der Waals surface area contributed by atoms with Crippen LogP contribution in [0.3, 0.4) is 0 Å². The molecule has 2 aromatic rings. The van der Waals surface area contributed by atoms with Crippen molar-refractivity contribution >= 4 is 17.8 Å². The first-order valence-electron chi connectivity index (χ1n) is 11.5. The zero-order valence-electron chi connectivity index (χ0n) is 21.2. The Bertz CT molecular complexity index is 1080. The fourth-order valence-electron chi connectivity index (χ4n) is 3.19. The SMILES string of the molecule is Cn1ccnc1-c1ccccc1C(=O)N1CCN(CCOCCO)CC1.O=C(O)C(F)(F)F.O=C(O)C(F)(F)F. The van der Waals surface area contributed by atoms with Crippen LogP contribution < -0.4 is 0 Å². The third-order valence-corrected chi connectivity index (χ3v) is 5.15. The third-order valence-electron chi connectivity index (χ3n) is 5.15. The Morgan fingerprint density at radius 3 is 1.90 bits per heavy atom. The molecule has 0 radical (unpaired) electrons. The lowest BCUT2D eigenvalue weighted by Gasteiger charge is -2.35. The highest BCUT2D eigenvalue weighted by Gasteiger charge is 2.38. The summed E-state index contributed by atoms with van der Waals surface area (Å²) in [7, 11) is 1.93. The molecule has 1 aromatic carbocycles. The number of amides is 1. The van der Waals surface area contributed by atoms with Crippen LogP contribution in [0.15, 0.2) is 36.7 Å². The smallest absolute Gasteiger partial charge is 0.475 e. The summed E-state index contributed by atoms with van der Waals surface area (Å²) in [6.07, 6.45) is -6.54. The van der Waals surface area contributed by atoms with Crippen molar-refractivity contribution in [1.29, 1.82) is 0 Å². The van der Waals surface area contributed by atoms with Gasteiger partial charge in [-0.25, -0.2) is 14.6 Å². The number of aromatic nitrogens is 2. The molecule has 0 bridgehead atoms. The Balaban J connectivity index is 0.000000473. The molecule has 0 saturated carbocycles. The Kier molecular flexibility index (Phi) is 13.5. The molecule has 0 spiro atoms. The van der Waals surface area contributed by atoms with Crippen molar-refractivity contribution < 1.29 is 60.8 Å². The van der Waals surface area contributed by atoms with Gasteiger partial charge in [0.15, 0.2) is 0 Å². The standard InChI is InChI=1S/C19H26N4O3.2C2HF3O2/c1-21-7-6-20-18(21)16-4-2-3-5-17(16)19(25)23-10-8-22(9-11-23)12-14-26-15-13-24;2*3-2(4,5)1(6)7/h2-7,24H,8-15H2,1H3;2*(H,6,7). The van der Waals surface area contributed by atoms with E-state index in [1.165, 1.54) is 0 Å². The number of hydrogen-bond donors (Lipinski definition) is 3. The van der Waals surface area contributed by atoms with E-state index in [0.29, 0.717) is 31.9 Å². The molecule has 224 valence electrons. The van der Waals surface area contributed by atoms with Gasteiger partial charge >= 0.3 is 24.3 Å². The topological polar surface area (TPSA) is 145 Å². The van der Waals surface area contributed by atoms with Crippen molar-refractivity contribution in [3.63, 3.8) is 0 Å². The highest BCUT2D eigenvalue weighted by Crippen LogP contribution is 2.23. The number of carbonyl (C=O) groups is 3. The molecular formula is C23H28F6N4O7. The summed E-state index contributed by atoms with van der Waals surface area (Å²) in [6, 6.07) is 7.66. The lowest BCUT2D eigenvalue weighted by atomic mass is 10.0. The molecule has 17 heteroatoms. The summed E-state index contributed by atoms with van der Waals surface area (Å²) in [5.41, 5.74) is 1.56. The van der Waals surface area contributed by atoms with E-state index in [9.17, 15) is 31.1 Å². The number of alkyl halides is 6. The fraction of sp³-hybridized carbons (Fsp3) is 0.478. The van der Waals surface area contributed by atoms with Crippen LogP contribution in [0.25, 0.3) is 11.4 Å². The van der Waals surface area contributed by atoms with Gasteiger partial charge < -0.3 is 29.5 Å².